The fraction of sp³-hybridized carbons (Fsp3) is 0.222. The van der Waals surface area contributed by atoms with E-state index in [0.29, 0.717) is 31.1 Å². The molecule has 3 rings (SSSR count). The van der Waals surface area contributed by atoms with Crippen molar-refractivity contribution in [1.29, 1.82) is 5.26 Å². The zero-order valence-electron chi connectivity index (χ0n) is 14.2. The third kappa shape index (κ3) is 4.27. The van der Waals surface area contributed by atoms with Gasteiger partial charge in [0.2, 0.25) is 5.69 Å². The Bertz CT molecular complexity index is 889. The minimum absolute atomic E-state index is 0.0635. The number of amides is 2. The van der Waals surface area contributed by atoms with Crippen molar-refractivity contribution in [2.24, 2.45) is 0 Å². The number of aryl methyl sites for hydroxylation is 1. The van der Waals surface area contributed by atoms with Gasteiger partial charge < -0.3 is 14.8 Å². The van der Waals surface area contributed by atoms with Crippen molar-refractivity contribution < 1.29 is 14.3 Å². The largest absolute Gasteiger partial charge is 0.487 e. The maximum Gasteiger partial charge on any atom is 0.325 e. The number of nitrogens with zero attached hydrogens (tertiary/aromatic N) is 3. The number of nitrogens with one attached hydrogen (secondary N) is 2. The number of carbonyl (C=O) groups excluding carboxylic acids is 1. The summed E-state index contributed by atoms with van der Waals surface area (Å²) in [7, 11) is 0. The van der Waals surface area contributed by atoms with Crippen LogP contribution in [-0.4, -0.2) is 29.2 Å². The molecular formula is C18H17N5O3. The summed E-state index contributed by atoms with van der Waals surface area (Å²) in [5.74, 6) is 0.825. The first-order valence-corrected chi connectivity index (χ1v) is 8.02. The van der Waals surface area contributed by atoms with Crippen LogP contribution in [0.5, 0.6) is 11.6 Å². The molecule has 1 aliphatic rings. The molecule has 2 N–H and O–H groups in total. The third-order valence-corrected chi connectivity index (χ3v) is 3.50. The van der Waals surface area contributed by atoms with E-state index in [0.717, 1.165) is 5.56 Å². The van der Waals surface area contributed by atoms with Crippen molar-refractivity contribution in [2.45, 2.75) is 13.3 Å². The van der Waals surface area contributed by atoms with Gasteiger partial charge >= 0.3 is 6.03 Å². The van der Waals surface area contributed by atoms with Crippen LogP contribution < -0.4 is 20.1 Å². The van der Waals surface area contributed by atoms with Crippen molar-refractivity contribution in [3.05, 3.63) is 47.8 Å². The molecule has 2 amide bonds. The molecule has 0 fully saturated rings. The highest BCUT2D eigenvalue weighted by molar-refractivity contribution is 6.00. The summed E-state index contributed by atoms with van der Waals surface area (Å²) in [6, 6.07) is 6.94. The summed E-state index contributed by atoms with van der Waals surface area (Å²) in [6.07, 6.45) is 5.69. The summed E-state index contributed by atoms with van der Waals surface area (Å²) in [5, 5.41) is 14.4. The lowest BCUT2D eigenvalue weighted by Gasteiger charge is -2.13. The summed E-state index contributed by atoms with van der Waals surface area (Å²) in [6.45, 7) is 2.60. The second-order valence-electron chi connectivity index (χ2n) is 5.52. The van der Waals surface area contributed by atoms with E-state index < -0.39 is 6.03 Å². The van der Waals surface area contributed by atoms with Gasteiger partial charge in [0.05, 0.1) is 18.5 Å². The van der Waals surface area contributed by atoms with Crippen LogP contribution in [0.3, 0.4) is 0 Å². The van der Waals surface area contributed by atoms with E-state index in [-0.39, 0.29) is 17.4 Å². The average molecular weight is 351 g/mol. The molecule has 2 aromatic rings. The molecule has 0 aliphatic carbocycles. The van der Waals surface area contributed by atoms with E-state index >= 15 is 0 Å². The minimum atomic E-state index is -0.504. The minimum Gasteiger partial charge on any atom is -0.487 e. The van der Waals surface area contributed by atoms with Crippen LogP contribution in [0.15, 0.2) is 36.5 Å². The van der Waals surface area contributed by atoms with Crippen molar-refractivity contribution in [3.63, 3.8) is 0 Å². The highest BCUT2D eigenvalue weighted by atomic mass is 16.5. The number of hydrogen-bond acceptors (Lipinski definition) is 6. The SMILES string of the molecule is Cc1ccc2c(c1)NC(=O)Nc1cnc(C#N)c(n1)OCC/C=C/CO2. The van der Waals surface area contributed by atoms with E-state index in [4.69, 9.17) is 14.7 Å². The molecule has 0 atom stereocenters. The van der Waals surface area contributed by atoms with Crippen LogP contribution in [0.2, 0.25) is 0 Å². The number of ether oxygens (including phenoxy) is 2. The number of nitriles is 1. The van der Waals surface area contributed by atoms with Gasteiger partial charge in [0.1, 0.15) is 18.4 Å². The maximum absolute atomic E-state index is 12.3. The van der Waals surface area contributed by atoms with Gasteiger partial charge in [-0.05, 0) is 31.0 Å². The molecule has 0 spiro atoms. The summed E-state index contributed by atoms with van der Waals surface area (Å²) in [5.41, 5.74) is 1.59. The molecule has 1 aliphatic heterocycles. The van der Waals surface area contributed by atoms with E-state index in [1.807, 2.05) is 37.3 Å². The molecule has 8 heteroatoms. The molecule has 0 saturated carbocycles. The number of anilines is 2. The smallest absolute Gasteiger partial charge is 0.325 e. The predicted octanol–water partition coefficient (Wildman–Crippen LogP) is 3.02. The number of aromatic nitrogens is 2. The molecule has 0 radical (unpaired) electrons. The lowest BCUT2D eigenvalue weighted by Crippen LogP contribution is -2.21. The number of carbonyl (C=O) groups is 1. The van der Waals surface area contributed by atoms with Crippen LogP contribution >= 0.6 is 0 Å². The van der Waals surface area contributed by atoms with Crippen molar-refractivity contribution in [1.82, 2.24) is 9.97 Å². The van der Waals surface area contributed by atoms with Crippen molar-refractivity contribution in [3.8, 4) is 17.7 Å². The molecule has 1 aromatic heterocycles. The Morgan fingerprint density at radius 2 is 2.12 bits per heavy atom. The zero-order valence-corrected chi connectivity index (χ0v) is 14.2. The van der Waals surface area contributed by atoms with Gasteiger partial charge in [-0.1, -0.05) is 18.2 Å². The van der Waals surface area contributed by atoms with Crippen LogP contribution in [-0.2, 0) is 0 Å². The predicted molar refractivity (Wildman–Crippen MR) is 95.3 cm³/mol. The molecule has 8 nitrogen and oxygen atoms in total. The third-order valence-electron chi connectivity index (χ3n) is 3.50. The highest BCUT2D eigenvalue weighted by Crippen LogP contribution is 2.26. The second kappa shape index (κ2) is 7.98. The van der Waals surface area contributed by atoms with Crippen LogP contribution in [0.25, 0.3) is 0 Å². The molecular weight excluding hydrogens is 334 g/mol. The highest BCUT2D eigenvalue weighted by Gasteiger charge is 2.13. The van der Waals surface area contributed by atoms with Crippen LogP contribution in [0, 0.1) is 18.3 Å². The number of urea groups is 1. The van der Waals surface area contributed by atoms with Gasteiger partial charge in [0.15, 0.2) is 5.82 Å². The molecule has 1 aromatic carbocycles. The number of rotatable bonds is 0. The van der Waals surface area contributed by atoms with Gasteiger partial charge in [-0.3, -0.25) is 5.32 Å². The fourth-order valence-electron chi connectivity index (χ4n) is 2.29. The van der Waals surface area contributed by atoms with Gasteiger partial charge in [-0.25, -0.2) is 9.78 Å². The summed E-state index contributed by atoms with van der Waals surface area (Å²) < 4.78 is 11.2. The number of benzene rings is 1. The Hall–Kier alpha value is -3.60. The van der Waals surface area contributed by atoms with Gasteiger partial charge in [-0.2, -0.15) is 10.2 Å². The molecule has 26 heavy (non-hydrogen) atoms. The van der Waals surface area contributed by atoms with E-state index in [1.165, 1.54) is 6.20 Å². The normalized spacial score (nSPS) is 15.5. The average Bonchev–Trinajstić information content (AvgIpc) is 2.62. The zero-order chi connectivity index (χ0) is 18.4. The Balaban J connectivity index is 1.90. The molecule has 2 heterocycles. The van der Waals surface area contributed by atoms with Crippen molar-refractivity contribution in [2.75, 3.05) is 23.8 Å². The second-order valence-corrected chi connectivity index (χ2v) is 5.52. The standard InChI is InChI=1S/C18H17N5O3/c1-12-5-6-15-13(9-12)21-18(24)23-16-11-20-14(10-19)17(22-16)26-8-4-2-3-7-25-15/h2-3,5-6,9,11H,4,7-8H2,1H3,(H2,21,22,23,24)/b3-2+. The van der Waals surface area contributed by atoms with Crippen LogP contribution in [0.4, 0.5) is 16.3 Å². The summed E-state index contributed by atoms with van der Waals surface area (Å²) >= 11 is 0. The Labute approximate surface area is 150 Å². The van der Waals surface area contributed by atoms with Crippen LogP contribution in [0.1, 0.15) is 17.7 Å². The first-order valence-electron chi connectivity index (χ1n) is 8.02. The Kier molecular flexibility index (Phi) is 5.29. The van der Waals surface area contributed by atoms with E-state index in [1.54, 1.807) is 6.07 Å². The monoisotopic (exact) mass is 351 g/mol. The van der Waals surface area contributed by atoms with E-state index in [9.17, 15) is 4.79 Å². The van der Waals surface area contributed by atoms with Gasteiger partial charge in [0, 0.05) is 0 Å². The number of hydrogen-bond donors (Lipinski definition) is 2. The molecule has 132 valence electrons. The van der Waals surface area contributed by atoms with Crippen molar-refractivity contribution >= 4 is 17.5 Å². The topological polar surface area (TPSA) is 109 Å². The van der Waals surface area contributed by atoms with Gasteiger partial charge in [0.25, 0.3) is 5.88 Å². The van der Waals surface area contributed by atoms with E-state index in [2.05, 4.69) is 20.6 Å². The lowest BCUT2D eigenvalue weighted by atomic mass is 10.2. The molecule has 0 saturated heterocycles. The Morgan fingerprint density at radius 3 is 2.96 bits per heavy atom. The first-order chi connectivity index (χ1) is 12.7. The fourth-order valence-corrected chi connectivity index (χ4v) is 2.29. The molecule has 2 bridgehead atoms. The quantitative estimate of drug-likeness (QED) is 0.706. The summed E-state index contributed by atoms with van der Waals surface area (Å²) in [4.78, 5) is 20.4. The lowest BCUT2D eigenvalue weighted by molar-refractivity contribution is 0.262. The Morgan fingerprint density at radius 1 is 1.23 bits per heavy atom. The van der Waals surface area contributed by atoms with Gasteiger partial charge in [-0.15, -0.1) is 0 Å². The maximum atomic E-state index is 12.3. The molecule has 0 unspecified atom stereocenters. The number of fused-ring (bicyclic) bond motifs is 3. The first kappa shape index (κ1) is 17.2.